The summed E-state index contributed by atoms with van der Waals surface area (Å²) in [5.74, 6) is -0.204. The molecule has 21 heavy (non-hydrogen) atoms. The third kappa shape index (κ3) is 4.39. The van der Waals surface area contributed by atoms with Gasteiger partial charge in [0.05, 0.1) is 12.7 Å². The summed E-state index contributed by atoms with van der Waals surface area (Å²) in [7, 11) is 0. The molecule has 0 saturated heterocycles. The van der Waals surface area contributed by atoms with E-state index < -0.39 is 0 Å². The molecule has 1 N–H and O–H groups in total. The van der Waals surface area contributed by atoms with Gasteiger partial charge in [-0.15, -0.1) is 0 Å². The molecule has 0 amide bonds. The Balaban J connectivity index is 2.13. The maximum absolute atomic E-state index is 13.0. The first-order valence-electron chi connectivity index (χ1n) is 7.42. The molecule has 0 bridgehead atoms. The largest absolute Gasteiger partial charge is 0.308 e. The van der Waals surface area contributed by atoms with Gasteiger partial charge in [-0.25, -0.2) is 4.39 Å². The zero-order chi connectivity index (χ0) is 15.5. The molecule has 0 atom stereocenters. The van der Waals surface area contributed by atoms with E-state index in [0.29, 0.717) is 6.54 Å². The van der Waals surface area contributed by atoms with E-state index in [1.54, 1.807) is 0 Å². The molecular formula is C17H24FN3. The fraction of sp³-hybridized carbons (Fsp3) is 0.471. The van der Waals surface area contributed by atoms with E-state index >= 15 is 0 Å². The van der Waals surface area contributed by atoms with E-state index in [-0.39, 0.29) is 11.4 Å². The highest BCUT2D eigenvalue weighted by Gasteiger charge is 2.13. The van der Waals surface area contributed by atoms with Crippen molar-refractivity contribution >= 4 is 0 Å². The third-order valence-electron chi connectivity index (χ3n) is 3.42. The van der Waals surface area contributed by atoms with Crippen LogP contribution >= 0.6 is 0 Å². The molecule has 0 aliphatic carbocycles. The Morgan fingerprint density at radius 2 is 1.86 bits per heavy atom. The van der Waals surface area contributed by atoms with E-state index in [4.69, 9.17) is 0 Å². The molecule has 114 valence electrons. The minimum Gasteiger partial charge on any atom is -0.308 e. The first kappa shape index (κ1) is 15.7. The second-order valence-electron chi connectivity index (χ2n) is 6.36. The summed E-state index contributed by atoms with van der Waals surface area (Å²) in [4.78, 5) is 0. The van der Waals surface area contributed by atoms with Crippen LogP contribution in [0.15, 0.2) is 30.5 Å². The van der Waals surface area contributed by atoms with Crippen LogP contribution in [0, 0.1) is 5.82 Å². The van der Waals surface area contributed by atoms with Crippen molar-refractivity contribution in [2.24, 2.45) is 0 Å². The molecule has 4 heteroatoms. The van der Waals surface area contributed by atoms with Gasteiger partial charge in [-0.05, 0) is 44.9 Å². The highest BCUT2D eigenvalue weighted by Crippen LogP contribution is 2.14. The number of hydrogen-bond donors (Lipinski definition) is 1. The van der Waals surface area contributed by atoms with Gasteiger partial charge in [0.2, 0.25) is 0 Å². The van der Waals surface area contributed by atoms with Crippen molar-refractivity contribution in [1.82, 2.24) is 15.1 Å². The zero-order valence-electron chi connectivity index (χ0n) is 13.3. The number of aromatic nitrogens is 2. The Morgan fingerprint density at radius 1 is 1.19 bits per heavy atom. The molecular weight excluding hydrogens is 265 g/mol. The van der Waals surface area contributed by atoms with Crippen molar-refractivity contribution in [3.8, 4) is 0 Å². The summed E-state index contributed by atoms with van der Waals surface area (Å²) >= 11 is 0. The van der Waals surface area contributed by atoms with E-state index in [1.807, 2.05) is 23.0 Å². The molecule has 2 rings (SSSR count). The minimum atomic E-state index is -0.204. The van der Waals surface area contributed by atoms with Crippen molar-refractivity contribution in [3.63, 3.8) is 0 Å². The molecule has 0 aliphatic rings. The molecule has 0 unspecified atom stereocenters. The summed E-state index contributed by atoms with van der Waals surface area (Å²) in [5, 5.41) is 7.98. The maximum atomic E-state index is 13.0. The van der Waals surface area contributed by atoms with Gasteiger partial charge in [-0.3, -0.25) is 4.68 Å². The van der Waals surface area contributed by atoms with Crippen LogP contribution in [0.25, 0.3) is 0 Å². The second-order valence-corrected chi connectivity index (χ2v) is 6.36. The van der Waals surface area contributed by atoms with Gasteiger partial charge in [0.15, 0.2) is 0 Å². The van der Waals surface area contributed by atoms with Crippen molar-refractivity contribution in [2.75, 3.05) is 0 Å². The van der Waals surface area contributed by atoms with Crippen molar-refractivity contribution in [1.29, 1.82) is 0 Å². The molecule has 1 heterocycles. The fourth-order valence-electron chi connectivity index (χ4n) is 2.27. The van der Waals surface area contributed by atoms with Gasteiger partial charge in [0.25, 0.3) is 0 Å². The molecule has 0 spiro atoms. The zero-order valence-corrected chi connectivity index (χ0v) is 13.3. The topological polar surface area (TPSA) is 29.9 Å². The monoisotopic (exact) mass is 289 g/mol. The van der Waals surface area contributed by atoms with Crippen molar-refractivity contribution in [3.05, 3.63) is 53.1 Å². The molecule has 0 saturated carbocycles. The van der Waals surface area contributed by atoms with Crippen LogP contribution in [0.4, 0.5) is 4.39 Å². The minimum absolute atomic E-state index is 0.0874. The average molecular weight is 289 g/mol. The summed E-state index contributed by atoms with van der Waals surface area (Å²) in [6.07, 6.45) is 2.86. The van der Waals surface area contributed by atoms with E-state index in [0.717, 1.165) is 18.5 Å². The quantitative estimate of drug-likeness (QED) is 0.912. The highest BCUT2D eigenvalue weighted by atomic mass is 19.1. The van der Waals surface area contributed by atoms with Gasteiger partial charge in [-0.2, -0.15) is 5.10 Å². The number of rotatable bonds is 5. The normalized spacial score (nSPS) is 11.9. The third-order valence-corrected chi connectivity index (χ3v) is 3.42. The van der Waals surface area contributed by atoms with Crippen molar-refractivity contribution in [2.45, 2.75) is 52.7 Å². The number of halogens is 1. The molecule has 1 aromatic heterocycles. The van der Waals surface area contributed by atoms with Crippen LogP contribution in [0.5, 0.6) is 0 Å². The summed E-state index contributed by atoms with van der Waals surface area (Å²) in [5.41, 5.74) is 3.61. The Labute approximate surface area is 126 Å². The molecule has 0 radical (unpaired) electrons. The highest BCUT2D eigenvalue weighted by molar-refractivity contribution is 5.21. The van der Waals surface area contributed by atoms with Crippen LogP contribution in [0.3, 0.4) is 0 Å². The smallest absolute Gasteiger partial charge is 0.123 e. The Bertz CT molecular complexity index is 579. The van der Waals surface area contributed by atoms with Crippen molar-refractivity contribution < 1.29 is 4.39 Å². The molecule has 1 aromatic carbocycles. The predicted molar refractivity (Wildman–Crippen MR) is 83.7 cm³/mol. The van der Waals surface area contributed by atoms with Crippen LogP contribution in [0.2, 0.25) is 0 Å². The molecule has 3 nitrogen and oxygen atoms in total. The van der Waals surface area contributed by atoms with Gasteiger partial charge in [0.1, 0.15) is 5.82 Å². The standard InChI is InChI=1S/C17H24FN3/c1-5-16-14(10-19-17(2,3)4)11-20-21(16)12-13-6-8-15(18)9-7-13/h6-9,11,19H,5,10,12H2,1-4H3. The summed E-state index contributed by atoms with van der Waals surface area (Å²) in [6.45, 7) is 10.1. The van der Waals surface area contributed by atoms with Crippen LogP contribution in [0.1, 0.15) is 44.5 Å². The maximum Gasteiger partial charge on any atom is 0.123 e. The Hall–Kier alpha value is -1.68. The lowest BCUT2D eigenvalue weighted by molar-refractivity contribution is 0.423. The van der Waals surface area contributed by atoms with E-state index in [1.165, 1.54) is 23.4 Å². The fourth-order valence-corrected chi connectivity index (χ4v) is 2.27. The summed E-state index contributed by atoms with van der Waals surface area (Å²) in [6, 6.07) is 6.60. The summed E-state index contributed by atoms with van der Waals surface area (Å²) < 4.78 is 15.0. The molecule has 0 fully saturated rings. The predicted octanol–water partition coefficient (Wildman–Crippen LogP) is 3.52. The van der Waals surface area contributed by atoms with E-state index in [2.05, 4.69) is 38.1 Å². The van der Waals surface area contributed by atoms with Gasteiger partial charge >= 0.3 is 0 Å². The van der Waals surface area contributed by atoms with Gasteiger partial charge < -0.3 is 5.32 Å². The van der Waals surface area contributed by atoms with Gasteiger partial charge in [0, 0.05) is 23.3 Å². The second kappa shape index (κ2) is 6.39. The first-order chi connectivity index (χ1) is 9.89. The van der Waals surface area contributed by atoms with Gasteiger partial charge in [-0.1, -0.05) is 19.1 Å². The van der Waals surface area contributed by atoms with Crippen LogP contribution < -0.4 is 5.32 Å². The van der Waals surface area contributed by atoms with Crippen LogP contribution in [-0.4, -0.2) is 15.3 Å². The van der Waals surface area contributed by atoms with E-state index in [9.17, 15) is 4.39 Å². The number of nitrogens with zero attached hydrogens (tertiary/aromatic N) is 2. The average Bonchev–Trinajstić information content (AvgIpc) is 2.80. The first-order valence-corrected chi connectivity index (χ1v) is 7.42. The lowest BCUT2D eigenvalue weighted by Crippen LogP contribution is -2.35. The Kier molecular flexibility index (Phi) is 4.78. The lowest BCUT2D eigenvalue weighted by atomic mass is 10.1. The number of benzene rings is 1. The SMILES string of the molecule is CCc1c(CNC(C)(C)C)cnn1Cc1ccc(F)cc1. The Morgan fingerprint density at radius 3 is 2.43 bits per heavy atom. The van der Waals surface area contributed by atoms with Crippen LogP contribution in [-0.2, 0) is 19.5 Å². The lowest BCUT2D eigenvalue weighted by Gasteiger charge is -2.20. The molecule has 0 aliphatic heterocycles. The number of hydrogen-bond acceptors (Lipinski definition) is 2. The molecule has 2 aromatic rings. The number of nitrogens with one attached hydrogen (secondary N) is 1.